The molecule has 0 saturated carbocycles. The molecule has 0 fully saturated rings. The first kappa shape index (κ1) is 12.2. The number of benzene rings is 1. The predicted molar refractivity (Wildman–Crippen MR) is 70.1 cm³/mol. The van der Waals surface area contributed by atoms with Crippen LogP contribution in [-0.2, 0) is 0 Å². The summed E-state index contributed by atoms with van der Waals surface area (Å²) in [4.78, 5) is 16.9. The number of hydrogen-bond donors (Lipinski definition) is 0. The van der Waals surface area contributed by atoms with Gasteiger partial charge in [-0.05, 0) is 18.2 Å². The van der Waals surface area contributed by atoms with Crippen molar-refractivity contribution in [2.24, 2.45) is 0 Å². The Kier molecular flexibility index (Phi) is 3.21. The standard InChI is InChI=1S/C14H10FNO2S/c15-10-5-9(6-16-7-10)14(17)12-8-19-13-4-2-1-3-11(13)18-12/h1-7,12H,8H2. The zero-order chi connectivity index (χ0) is 13.2. The second kappa shape index (κ2) is 5.01. The van der Waals surface area contributed by atoms with Gasteiger partial charge >= 0.3 is 0 Å². The third kappa shape index (κ3) is 2.46. The molecular formula is C14H10FNO2S. The van der Waals surface area contributed by atoms with Crippen molar-refractivity contribution in [2.45, 2.75) is 11.0 Å². The van der Waals surface area contributed by atoms with Gasteiger partial charge in [-0.3, -0.25) is 9.78 Å². The molecule has 0 saturated heterocycles. The number of pyridine rings is 1. The van der Waals surface area contributed by atoms with Crippen molar-refractivity contribution in [1.29, 1.82) is 0 Å². The fourth-order valence-corrected chi connectivity index (χ4v) is 2.86. The highest BCUT2D eigenvalue weighted by atomic mass is 32.2. The summed E-state index contributed by atoms with van der Waals surface area (Å²) in [5.74, 6) is 0.456. The molecule has 2 heterocycles. The van der Waals surface area contributed by atoms with E-state index in [1.54, 1.807) is 11.8 Å². The van der Waals surface area contributed by atoms with Crippen molar-refractivity contribution in [3.8, 4) is 5.75 Å². The summed E-state index contributed by atoms with van der Waals surface area (Å²) in [6, 6.07) is 8.74. The summed E-state index contributed by atoms with van der Waals surface area (Å²) in [5.41, 5.74) is 0.241. The van der Waals surface area contributed by atoms with Crippen molar-refractivity contribution in [1.82, 2.24) is 4.98 Å². The molecule has 0 N–H and O–H groups in total. The number of carbonyl (C=O) groups excluding carboxylic acids is 1. The van der Waals surface area contributed by atoms with E-state index in [4.69, 9.17) is 4.74 Å². The molecule has 1 aliphatic heterocycles. The van der Waals surface area contributed by atoms with Crippen molar-refractivity contribution in [2.75, 3.05) is 5.75 Å². The smallest absolute Gasteiger partial charge is 0.205 e. The van der Waals surface area contributed by atoms with Gasteiger partial charge in [0.2, 0.25) is 5.78 Å². The number of thioether (sulfide) groups is 1. The average molecular weight is 275 g/mol. The Morgan fingerprint density at radius 3 is 3.05 bits per heavy atom. The number of Topliss-reactive ketones (excluding diaryl/α,β-unsaturated/α-hetero) is 1. The number of ether oxygens (including phenoxy) is 1. The van der Waals surface area contributed by atoms with Crippen LogP contribution in [0.5, 0.6) is 5.75 Å². The molecule has 19 heavy (non-hydrogen) atoms. The molecule has 96 valence electrons. The monoisotopic (exact) mass is 275 g/mol. The highest BCUT2D eigenvalue weighted by molar-refractivity contribution is 7.99. The zero-order valence-corrected chi connectivity index (χ0v) is 10.7. The minimum absolute atomic E-state index is 0.241. The topological polar surface area (TPSA) is 39.2 Å². The molecule has 0 bridgehead atoms. The Morgan fingerprint density at radius 2 is 2.21 bits per heavy atom. The van der Waals surface area contributed by atoms with E-state index in [9.17, 15) is 9.18 Å². The minimum Gasteiger partial charge on any atom is -0.480 e. The van der Waals surface area contributed by atoms with Gasteiger partial charge in [-0.15, -0.1) is 11.8 Å². The molecular weight excluding hydrogens is 265 g/mol. The fourth-order valence-electron chi connectivity index (χ4n) is 1.88. The van der Waals surface area contributed by atoms with Crippen LogP contribution < -0.4 is 4.74 Å². The highest BCUT2D eigenvalue weighted by Gasteiger charge is 2.27. The Bertz CT molecular complexity index is 632. The Balaban J connectivity index is 1.83. The van der Waals surface area contributed by atoms with Crippen molar-refractivity contribution < 1.29 is 13.9 Å². The summed E-state index contributed by atoms with van der Waals surface area (Å²) in [6.07, 6.45) is 1.84. The lowest BCUT2D eigenvalue weighted by molar-refractivity contribution is 0.0814. The quantitative estimate of drug-likeness (QED) is 0.790. The van der Waals surface area contributed by atoms with E-state index in [1.165, 1.54) is 12.3 Å². The van der Waals surface area contributed by atoms with Crippen LogP contribution in [0.15, 0.2) is 47.6 Å². The molecule has 3 rings (SSSR count). The number of ketones is 1. The summed E-state index contributed by atoms with van der Waals surface area (Å²) in [7, 11) is 0. The van der Waals surface area contributed by atoms with Crippen LogP contribution in [0.1, 0.15) is 10.4 Å². The second-order valence-corrected chi connectivity index (χ2v) is 5.18. The van der Waals surface area contributed by atoms with E-state index in [-0.39, 0.29) is 11.3 Å². The number of para-hydroxylation sites is 1. The van der Waals surface area contributed by atoms with Crippen LogP contribution in [0.25, 0.3) is 0 Å². The van der Waals surface area contributed by atoms with Crippen molar-refractivity contribution >= 4 is 17.5 Å². The van der Waals surface area contributed by atoms with Crippen LogP contribution in [0.4, 0.5) is 4.39 Å². The maximum absolute atomic E-state index is 13.1. The number of fused-ring (bicyclic) bond motifs is 1. The van der Waals surface area contributed by atoms with Gasteiger partial charge in [-0.25, -0.2) is 4.39 Å². The average Bonchev–Trinajstić information content (AvgIpc) is 2.46. The van der Waals surface area contributed by atoms with Gasteiger partial charge in [-0.2, -0.15) is 0 Å². The van der Waals surface area contributed by atoms with Gasteiger partial charge in [0, 0.05) is 22.4 Å². The molecule has 0 amide bonds. The molecule has 2 aromatic rings. The molecule has 0 radical (unpaired) electrons. The zero-order valence-electron chi connectivity index (χ0n) is 9.88. The van der Waals surface area contributed by atoms with Crippen LogP contribution >= 0.6 is 11.8 Å². The van der Waals surface area contributed by atoms with E-state index in [2.05, 4.69) is 4.98 Å². The number of carbonyl (C=O) groups is 1. The van der Waals surface area contributed by atoms with Crippen LogP contribution in [0.2, 0.25) is 0 Å². The molecule has 0 spiro atoms. The van der Waals surface area contributed by atoms with E-state index < -0.39 is 11.9 Å². The summed E-state index contributed by atoms with van der Waals surface area (Å²) >= 11 is 1.56. The normalized spacial score (nSPS) is 17.4. The molecule has 1 aromatic heterocycles. The summed E-state index contributed by atoms with van der Waals surface area (Å²) in [5, 5.41) is 0. The Morgan fingerprint density at radius 1 is 1.37 bits per heavy atom. The molecule has 5 heteroatoms. The summed E-state index contributed by atoms with van der Waals surface area (Å²) in [6.45, 7) is 0. The lowest BCUT2D eigenvalue weighted by Crippen LogP contribution is -2.32. The Labute approximate surface area is 113 Å². The Hall–Kier alpha value is -1.88. The van der Waals surface area contributed by atoms with Gasteiger partial charge in [0.15, 0.2) is 6.10 Å². The van der Waals surface area contributed by atoms with Gasteiger partial charge in [0.25, 0.3) is 0 Å². The van der Waals surface area contributed by atoms with E-state index in [1.807, 2.05) is 24.3 Å². The van der Waals surface area contributed by atoms with Gasteiger partial charge < -0.3 is 4.74 Å². The lowest BCUT2D eigenvalue weighted by atomic mass is 10.1. The van der Waals surface area contributed by atoms with E-state index >= 15 is 0 Å². The number of aromatic nitrogens is 1. The molecule has 0 aliphatic carbocycles. The first-order valence-corrected chi connectivity index (χ1v) is 6.76. The first-order chi connectivity index (χ1) is 9.24. The fraction of sp³-hybridized carbons (Fsp3) is 0.143. The molecule has 1 atom stereocenters. The number of halogens is 1. The first-order valence-electron chi connectivity index (χ1n) is 5.77. The largest absolute Gasteiger partial charge is 0.480 e. The van der Waals surface area contributed by atoms with E-state index in [0.717, 1.165) is 11.1 Å². The maximum atomic E-state index is 13.1. The third-order valence-corrected chi connectivity index (χ3v) is 3.91. The second-order valence-electron chi connectivity index (χ2n) is 4.12. The van der Waals surface area contributed by atoms with Crippen LogP contribution in [-0.4, -0.2) is 22.6 Å². The van der Waals surface area contributed by atoms with Crippen molar-refractivity contribution in [3.05, 3.63) is 54.1 Å². The van der Waals surface area contributed by atoms with Crippen LogP contribution in [0.3, 0.4) is 0 Å². The molecule has 1 aromatic carbocycles. The molecule has 3 nitrogen and oxygen atoms in total. The van der Waals surface area contributed by atoms with E-state index in [0.29, 0.717) is 11.5 Å². The van der Waals surface area contributed by atoms with Crippen LogP contribution in [0, 0.1) is 5.82 Å². The minimum atomic E-state index is -0.594. The molecule has 1 unspecified atom stereocenters. The summed E-state index contributed by atoms with van der Waals surface area (Å²) < 4.78 is 18.7. The number of nitrogens with zero attached hydrogens (tertiary/aromatic N) is 1. The predicted octanol–water partition coefficient (Wildman–Crippen LogP) is 2.96. The van der Waals surface area contributed by atoms with Gasteiger partial charge in [-0.1, -0.05) is 12.1 Å². The van der Waals surface area contributed by atoms with Gasteiger partial charge in [0.1, 0.15) is 11.6 Å². The highest BCUT2D eigenvalue weighted by Crippen LogP contribution is 2.35. The molecule has 1 aliphatic rings. The number of hydrogen-bond acceptors (Lipinski definition) is 4. The van der Waals surface area contributed by atoms with Crippen molar-refractivity contribution in [3.63, 3.8) is 0 Å². The number of rotatable bonds is 2. The third-order valence-electron chi connectivity index (χ3n) is 2.79. The van der Waals surface area contributed by atoms with Gasteiger partial charge in [0.05, 0.1) is 6.20 Å². The maximum Gasteiger partial charge on any atom is 0.205 e. The SMILES string of the molecule is O=C(c1cncc(F)c1)C1CSc2ccccc2O1. The lowest BCUT2D eigenvalue weighted by Gasteiger charge is -2.24.